The van der Waals surface area contributed by atoms with Gasteiger partial charge < -0.3 is 0 Å². The van der Waals surface area contributed by atoms with Crippen molar-refractivity contribution in [2.75, 3.05) is 0 Å². The van der Waals surface area contributed by atoms with E-state index in [0.717, 1.165) is 0 Å². The summed E-state index contributed by atoms with van der Waals surface area (Å²) in [6.07, 6.45) is 7.09. The molecule has 1 aromatic rings. The van der Waals surface area contributed by atoms with Gasteiger partial charge in [-0.25, -0.2) is 0 Å². The normalized spacial score (nSPS) is 13.3. The molecule has 1 aliphatic carbocycles. The van der Waals surface area contributed by atoms with E-state index < -0.39 is 0 Å². The second kappa shape index (κ2) is 4.35. The molecule has 0 bridgehead atoms. The van der Waals surface area contributed by atoms with Crippen molar-refractivity contribution < 1.29 is 0 Å². The zero-order valence-electron chi connectivity index (χ0n) is 7.13. The molecule has 1 heteroatoms. The minimum atomic E-state index is 1.23. The second-order valence-electron chi connectivity index (χ2n) is 2.23. The van der Waals surface area contributed by atoms with E-state index in [1.54, 1.807) is 0 Å². The van der Waals surface area contributed by atoms with E-state index in [-0.39, 0.29) is 0 Å². The molecule has 11 heavy (non-hydrogen) atoms. The Labute approximate surface area is 71.9 Å². The van der Waals surface area contributed by atoms with Crippen molar-refractivity contribution in [3.63, 3.8) is 0 Å². The highest BCUT2D eigenvalue weighted by atomic mass is 32.1. The summed E-state index contributed by atoms with van der Waals surface area (Å²) in [6.45, 7) is 4.00. The second-order valence-corrected chi connectivity index (χ2v) is 3.17. The van der Waals surface area contributed by atoms with Crippen molar-refractivity contribution in [2.24, 2.45) is 0 Å². The zero-order valence-corrected chi connectivity index (χ0v) is 7.95. The number of hydrogen-bond acceptors (Lipinski definition) is 1. The van der Waals surface area contributed by atoms with Gasteiger partial charge in [-0.05, 0) is 29.5 Å². The molecule has 1 aliphatic rings. The van der Waals surface area contributed by atoms with E-state index in [1.807, 2.05) is 25.2 Å². The lowest BCUT2D eigenvalue weighted by molar-refractivity contribution is 1.13. The summed E-state index contributed by atoms with van der Waals surface area (Å²) in [7, 11) is 0. The van der Waals surface area contributed by atoms with Gasteiger partial charge in [-0.2, -0.15) is 0 Å². The highest BCUT2D eigenvalue weighted by Gasteiger charge is 1.91. The molecule has 1 heterocycles. The lowest BCUT2D eigenvalue weighted by atomic mass is 10.2. The number of hydrogen-bond donors (Lipinski definition) is 0. The molecule has 0 unspecified atom stereocenters. The lowest BCUT2D eigenvalue weighted by Gasteiger charge is -1.90. The minimum Gasteiger partial charge on any atom is -0.144 e. The number of thiophene rings is 1. The Bertz CT molecular complexity index is 275. The highest BCUT2D eigenvalue weighted by Crippen LogP contribution is 1.96. The van der Waals surface area contributed by atoms with Crippen molar-refractivity contribution in [1.82, 2.24) is 0 Å². The van der Waals surface area contributed by atoms with Crippen LogP contribution in [0.1, 0.15) is 26.7 Å². The molecule has 60 valence electrons. The van der Waals surface area contributed by atoms with E-state index in [4.69, 9.17) is 0 Å². The SMILES string of the molecule is C1=c2ccsc2=CCC1.CC. The van der Waals surface area contributed by atoms with Crippen molar-refractivity contribution in [3.8, 4) is 0 Å². The average Bonchev–Trinajstić information content (AvgIpc) is 2.55. The predicted molar refractivity (Wildman–Crippen MR) is 53.1 cm³/mol. The molecular weight excluding hydrogens is 152 g/mol. The Morgan fingerprint density at radius 2 is 1.91 bits per heavy atom. The maximum Gasteiger partial charge on any atom is 0.0299 e. The van der Waals surface area contributed by atoms with Gasteiger partial charge in [0.15, 0.2) is 0 Å². The summed E-state index contributed by atoms with van der Waals surface area (Å²) in [5, 5.41) is 3.59. The van der Waals surface area contributed by atoms with Crippen LogP contribution in [0.3, 0.4) is 0 Å². The van der Waals surface area contributed by atoms with Crippen LogP contribution >= 0.6 is 11.3 Å². The third-order valence-electron chi connectivity index (χ3n) is 1.59. The fourth-order valence-electron chi connectivity index (χ4n) is 1.12. The zero-order chi connectivity index (χ0) is 8.10. The van der Waals surface area contributed by atoms with Crippen LogP contribution in [0.25, 0.3) is 12.2 Å². The Kier molecular flexibility index (Phi) is 3.37. The molecule has 0 atom stereocenters. The Morgan fingerprint density at radius 1 is 1.18 bits per heavy atom. The first-order valence-corrected chi connectivity index (χ1v) is 5.09. The Hall–Kier alpha value is -0.560. The van der Waals surface area contributed by atoms with Crippen LogP contribution in [0.5, 0.6) is 0 Å². The van der Waals surface area contributed by atoms with Gasteiger partial charge in [-0.3, -0.25) is 0 Å². The van der Waals surface area contributed by atoms with Crippen LogP contribution in [-0.2, 0) is 0 Å². The maximum absolute atomic E-state index is 2.32. The van der Waals surface area contributed by atoms with Gasteiger partial charge in [0, 0.05) is 4.53 Å². The van der Waals surface area contributed by atoms with E-state index >= 15 is 0 Å². The molecule has 2 rings (SSSR count). The van der Waals surface area contributed by atoms with Crippen molar-refractivity contribution >= 4 is 23.5 Å². The van der Waals surface area contributed by atoms with E-state index in [1.165, 1.54) is 22.6 Å². The minimum absolute atomic E-state index is 1.23. The average molecular weight is 166 g/mol. The van der Waals surface area contributed by atoms with Crippen LogP contribution in [0, 0.1) is 0 Å². The molecule has 0 amide bonds. The molecular formula is C10H14S. The monoisotopic (exact) mass is 166 g/mol. The van der Waals surface area contributed by atoms with E-state index in [2.05, 4.69) is 23.6 Å². The predicted octanol–water partition coefficient (Wildman–Crippen LogP) is 2.13. The summed E-state index contributed by atoms with van der Waals surface area (Å²) >= 11 is 1.84. The number of rotatable bonds is 0. The summed E-state index contributed by atoms with van der Waals surface area (Å²) in [5.41, 5.74) is 0. The third kappa shape index (κ3) is 1.93. The van der Waals surface area contributed by atoms with Crippen LogP contribution < -0.4 is 9.75 Å². The molecule has 0 saturated carbocycles. The molecule has 0 saturated heterocycles. The molecule has 1 aromatic heterocycles. The quantitative estimate of drug-likeness (QED) is 0.554. The van der Waals surface area contributed by atoms with Crippen molar-refractivity contribution in [3.05, 3.63) is 21.2 Å². The van der Waals surface area contributed by atoms with Gasteiger partial charge in [-0.15, -0.1) is 11.3 Å². The standard InChI is InChI=1S/C8H8S.C2H6/c1-2-4-8-7(3-1)5-6-9-8;1-2/h3-6H,1-2H2;1-2H3. The van der Waals surface area contributed by atoms with Crippen LogP contribution in [0.15, 0.2) is 11.4 Å². The van der Waals surface area contributed by atoms with Gasteiger partial charge in [-0.1, -0.05) is 26.0 Å². The van der Waals surface area contributed by atoms with Gasteiger partial charge in [0.1, 0.15) is 0 Å². The topological polar surface area (TPSA) is 0 Å². The first-order valence-electron chi connectivity index (χ1n) is 4.21. The van der Waals surface area contributed by atoms with Crippen LogP contribution in [0.4, 0.5) is 0 Å². The first-order chi connectivity index (χ1) is 5.47. The van der Waals surface area contributed by atoms with Crippen molar-refractivity contribution in [2.45, 2.75) is 26.7 Å². The Balaban J connectivity index is 0.000000281. The summed E-state index contributed by atoms with van der Waals surface area (Å²) in [4.78, 5) is 0. The fourth-order valence-corrected chi connectivity index (χ4v) is 1.98. The number of fused-ring (bicyclic) bond motifs is 1. The van der Waals surface area contributed by atoms with Gasteiger partial charge in [0.25, 0.3) is 0 Å². The molecule has 0 N–H and O–H groups in total. The highest BCUT2D eigenvalue weighted by molar-refractivity contribution is 7.07. The summed E-state index contributed by atoms with van der Waals surface area (Å²) in [5.74, 6) is 0. The molecule has 0 nitrogen and oxygen atoms in total. The van der Waals surface area contributed by atoms with Gasteiger partial charge >= 0.3 is 0 Å². The van der Waals surface area contributed by atoms with E-state index in [0.29, 0.717) is 0 Å². The molecule has 0 aromatic carbocycles. The Morgan fingerprint density at radius 3 is 2.64 bits per heavy atom. The largest absolute Gasteiger partial charge is 0.144 e. The summed E-state index contributed by atoms with van der Waals surface area (Å²) in [6, 6.07) is 2.19. The molecule has 0 aliphatic heterocycles. The van der Waals surface area contributed by atoms with Crippen LogP contribution in [0.2, 0.25) is 0 Å². The van der Waals surface area contributed by atoms with Gasteiger partial charge in [0.2, 0.25) is 0 Å². The maximum atomic E-state index is 2.32. The fraction of sp³-hybridized carbons (Fsp3) is 0.400. The van der Waals surface area contributed by atoms with Crippen molar-refractivity contribution in [1.29, 1.82) is 0 Å². The van der Waals surface area contributed by atoms with Gasteiger partial charge in [0.05, 0.1) is 0 Å². The summed E-state index contributed by atoms with van der Waals surface area (Å²) < 4.78 is 1.46. The molecule has 0 radical (unpaired) electrons. The van der Waals surface area contributed by atoms with Crippen LogP contribution in [-0.4, -0.2) is 0 Å². The lowest BCUT2D eigenvalue weighted by Crippen LogP contribution is -2.19. The third-order valence-corrected chi connectivity index (χ3v) is 2.52. The molecule has 0 spiro atoms. The van der Waals surface area contributed by atoms with E-state index in [9.17, 15) is 0 Å². The smallest absolute Gasteiger partial charge is 0.0299 e. The molecule has 0 fully saturated rings. The first kappa shape index (κ1) is 8.54.